The van der Waals surface area contributed by atoms with Crippen LogP contribution >= 0.6 is 0 Å². The van der Waals surface area contributed by atoms with E-state index in [9.17, 15) is 9.18 Å². The number of anilines is 1. The van der Waals surface area contributed by atoms with Gasteiger partial charge in [0.1, 0.15) is 42.6 Å². The fraction of sp³-hybridized carbons (Fsp3) is 0.269. The lowest BCUT2D eigenvalue weighted by molar-refractivity contribution is -0.272. The number of aryl methyl sites for hydroxylation is 2. The molecule has 0 aliphatic carbocycles. The van der Waals surface area contributed by atoms with E-state index in [0.29, 0.717) is 51.6 Å². The van der Waals surface area contributed by atoms with E-state index in [1.165, 1.54) is 12.1 Å². The molecule has 2 fully saturated rings. The zero-order valence-electron chi connectivity index (χ0n) is 43.1. The Balaban J connectivity index is 1.01. The molecule has 388 valence electrons. The molecule has 7 atom stereocenters. The topological polar surface area (TPSA) is 75.7 Å². The van der Waals surface area contributed by atoms with Gasteiger partial charge in [-0.1, -0.05) is 194 Å². The summed E-state index contributed by atoms with van der Waals surface area (Å²) in [5.74, 6) is 0.215. The molecule has 8 nitrogen and oxygen atoms in total. The van der Waals surface area contributed by atoms with Crippen molar-refractivity contribution in [3.63, 3.8) is 0 Å². The second-order valence-electron chi connectivity index (χ2n) is 20.0. The number of nitrogens with zero attached hydrogens (tertiary/aromatic N) is 1. The van der Waals surface area contributed by atoms with Gasteiger partial charge < -0.3 is 33.3 Å². The molecule has 2 heterocycles. The maximum atomic E-state index is 14.4. The van der Waals surface area contributed by atoms with Crippen molar-refractivity contribution in [3.05, 3.63) is 274 Å². The largest absolute Gasteiger partial charge is 0.489 e. The summed E-state index contributed by atoms with van der Waals surface area (Å²) in [6.07, 6.45) is -0.200. The summed E-state index contributed by atoms with van der Waals surface area (Å²) < 4.78 is 55.8. The molecule has 0 aromatic heterocycles. The van der Waals surface area contributed by atoms with Gasteiger partial charge in [-0.25, -0.2) is 4.39 Å². The number of rotatable bonds is 24. The lowest BCUT2D eigenvalue weighted by Gasteiger charge is -2.48. The van der Waals surface area contributed by atoms with Crippen molar-refractivity contribution in [2.45, 2.75) is 102 Å². The summed E-state index contributed by atoms with van der Waals surface area (Å²) in [7, 11) is 0. The van der Waals surface area contributed by atoms with Gasteiger partial charge in [0.2, 0.25) is 5.91 Å². The van der Waals surface area contributed by atoms with Crippen molar-refractivity contribution in [2.75, 3.05) is 11.5 Å². The normalized spacial score (nSPS) is 20.3. The Kier molecular flexibility index (Phi) is 17.9. The number of β-lactam (4-membered cyclic amide) rings is 1. The van der Waals surface area contributed by atoms with Crippen LogP contribution in [0.3, 0.4) is 0 Å². The van der Waals surface area contributed by atoms with Gasteiger partial charge in [-0.05, 0) is 95.5 Å². The Bertz CT molecular complexity index is 3020. The smallest absolute Gasteiger partial charge is 0.233 e. The van der Waals surface area contributed by atoms with Gasteiger partial charge in [0.25, 0.3) is 0 Å². The predicted molar refractivity (Wildman–Crippen MR) is 295 cm³/mol. The van der Waals surface area contributed by atoms with Gasteiger partial charge in [-0.15, -0.1) is 0 Å². The molecular weight excluding hydrogens is 950 g/mol. The van der Waals surface area contributed by atoms with Crippen LogP contribution in [0.5, 0.6) is 5.75 Å². The van der Waals surface area contributed by atoms with Crippen LogP contribution in [0.4, 0.5) is 10.1 Å². The standard InChI is InChI=1S/C67H66FNO7/c1-48-30-37-57(38-31-48)69-63(59(67(69)70)29-17-28-49-32-35-56(68)36-33-49)58-39-34-55(40-60(58)72-43-51-20-9-3-10-21-51)41-61-64(73-44-52-22-11-4-12-23-52)66(75-46-54-26-15-6-16-27-54)65(74-45-53-24-13-5-14-25-53)62(76-61)47-71-42-50-18-7-2-8-19-50/h2-16,18-27,30-40,59,61-66H,17,28-29,41-47H2,1H3/t59-,61+,62?,63-,64?,65+,66-/m1/s1. The number of hydrogen-bond donors (Lipinski definition) is 0. The summed E-state index contributed by atoms with van der Waals surface area (Å²) >= 11 is 0. The second kappa shape index (κ2) is 26.0. The molecule has 76 heavy (non-hydrogen) atoms. The highest BCUT2D eigenvalue weighted by atomic mass is 19.1. The van der Waals surface area contributed by atoms with Crippen LogP contribution in [0.1, 0.15) is 69.0 Å². The molecule has 2 unspecified atom stereocenters. The molecule has 8 aromatic carbocycles. The van der Waals surface area contributed by atoms with E-state index in [1.54, 1.807) is 0 Å². The monoisotopic (exact) mass is 1020 g/mol. The summed E-state index contributed by atoms with van der Waals surface area (Å²) in [5.41, 5.74) is 10.1. The van der Waals surface area contributed by atoms with Crippen LogP contribution in [0.25, 0.3) is 0 Å². The fourth-order valence-electron chi connectivity index (χ4n) is 10.4. The molecule has 1 amide bonds. The average molecular weight is 1020 g/mol. The van der Waals surface area contributed by atoms with E-state index in [0.717, 1.165) is 68.6 Å². The number of amides is 1. The van der Waals surface area contributed by atoms with Crippen molar-refractivity contribution in [1.29, 1.82) is 0 Å². The molecule has 0 radical (unpaired) electrons. The molecule has 0 spiro atoms. The summed E-state index contributed by atoms with van der Waals surface area (Å²) in [6, 6.07) is 71.7. The molecular formula is C67H66FNO7. The first-order valence-corrected chi connectivity index (χ1v) is 26.6. The van der Waals surface area contributed by atoms with Crippen molar-refractivity contribution in [1.82, 2.24) is 0 Å². The third-order valence-corrected chi connectivity index (χ3v) is 14.5. The molecule has 8 aromatic rings. The zero-order valence-corrected chi connectivity index (χ0v) is 43.1. The van der Waals surface area contributed by atoms with Crippen molar-refractivity contribution in [2.24, 2.45) is 5.92 Å². The molecule has 2 aliphatic rings. The van der Waals surface area contributed by atoms with Gasteiger partial charge in [0.05, 0.1) is 51.1 Å². The molecule has 10 rings (SSSR count). The Morgan fingerprint density at radius 2 is 0.987 bits per heavy atom. The number of hydrogen-bond acceptors (Lipinski definition) is 7. The number of benzene rings is 8. The molecule has 0 saturated carbocycles. The summed E-state index contributed by atoms with van der Waals surface area (Å²) in [5, 5.41) is 0. The van der Waals surface area contributed by atoms with E-state index < -0.39 is 30.5 Å². The SMILES string of the molecule is Cc1ccc(N2C(=O)[C@H](CCCc3ccc(F)cc3)[C@H]2c2ccc(C[C@@H]3OC(COCc4ccccc4)[C@H](OCc4ccccc4)[C@H](OCc4ccccc4)C3OCc3ccccc3)cc2OCc2ccccc2)cc1. The minimum atomic E-state index is -0.588. The molecule has 9 heteroatoms. The summed E-state index contributed by atoms with van der Waals surface area (Å²) in [6.45, 7) is 4.03. The molecule has 0 N–H and O–H groups in total. The fourth-order valence-corrected chi connectivity index (χ4v) is 10.4. The highest BCUT2D eigenvalue weighted by Gasteiger charge is 2.51. The maximum Gasteiger partial charge on any atom is 0.233 e. The van der Waals surface area contributed by atoms with E-state index >= 15 is 0 Å². The highest BCUT2D eigenvalue weighted by molar-refractivity contribution is 6.03. The Hall–Kier alpha value is -7.24. The average Bonchev–Trinajstić information content (AvgIpc) is 3.56. The quantitative estimate of drug-likeness (QED) is 0.0558. The van der Waals surface area contributed by atoms with Crippen molar-refractivity contribution < 1.29 is 37.6 Å². The van der Waals surface area contributed by atoms with E-state index in [4.69, 9.17) is 28.4 Å². The van der Waals surface area contributed by atoms with Gasteiger partial charge >= 0.3 is 0 Å². The molecule has 2 saturated heterocycles. The number of carbonyl (C=O) groups is 1. The number of carbonyl (C=O) groups excluding carboxylic acids is 1. The molecule has 0 bridgehead atoms. The maximum absolute atomic E-state index is 14.4. The van der Waals surface area contributed by atoms with Crippen molar-refractivity contribution in [3.8, 4) is 5.75 Å². The molecule has 2 aliphatic heterocycles. The number of halogens is 1. The van der Waals surface area contributed by atoms with Crippen LogP contribution in [-0.4, -0.2) is 43.0 Å². The van der Waals surface area contributed by atoms with Gasteiger partial charge in [0, 0.05) is 17.7 Å². The van der Waals surface area contributed by atoms with Crippen LogP contribution in [0, 0.1) is 18.7 Å². The minimum absolute atomic E-state index is 0.0752. The van der Waals surface area contributed by atoms with Crippen LogP contribution in [0.15, 0.2) is 218 Å². The minimum Gasteiger partial charge on any atom is -0.489 e. The lowest BCUT2D eigenvalue weighted by atomic mass is 9.77. The van der Waals surface area contributed by atoms with Gasteiger partial charge in [-0.3, -0.25) is 4.79 Å². The Morgan fingerprint density at radius 3 is 1.54 bits per heavy atom. The first-order valence-electron chi connectivity index (χ1n) is 26.6. The van der Waals surface area contributed by atoms with Gasteiger partial charge in [0.15, 0.2) is 0 Å². The van der Waals surface area contributed by atoms with Crippen LogP contribution in [-0.2, 0) is 74.4 Å². The van der Waals surface area contributed by atoms with Gasteiger partial charge in [-0.2, -0.15) is 0 Å². The highest BCUT2D eigenvalue weighted by Crippen LogP contribution is 2.49. The lowest BCUT2D eigenvalue weighted by Crippen LogP contribution is -2.61. The van der Waals surface area contributed by atoms with E-state index in [1.807, 2.05) is 132 Å². The predicted octanol–water partition coefficient (Wildman–Crippen LogP) is 13.7. The first-order chi connectivity index (χ1) is 37.4. The summed E-state index contributed by atoms with van der Waals surface area (Å²) in [4.78, 5) is 16.4. The van der Waals surface area contributed by atoms with Crippen LogP contribution in [0.2, 0.25) is 0 Å². The third kappa shape index (κ3) is 13.6. The van der Waals surface area contributed by atoms with Crippen molar-refractivity contribution >= 4 is 11.6 Å². The second-order valence-corrected chi connectivity index (χ2v) is 20.0. The van der Waals surface area contributed by atoms with Crippen LogP contribution < -0.4 is 9.64 Å². The Morgan fingerprint density at radius 1 is 0.500 bits per heavy atom. The Labute approximate surface area is 447 Å². The van der Waals surface area contributed by atoms with E-state index in [2.05, 4.69) is 85.8 Å². The first kappa shape index (κ1) is 52.2. The number of ether oxygens (including phenoxy) is 6. The zero-order chi connectivity index (χ0) is 51.9. The van der Waals surface area contributed by atoms with E-state index in [-0.39, 0.29) is 30.3 Å². The third-order valence-electron chi connectivity index (χ3n) is 14.5.